The normalized spacial score (nSPS) is 21.5. The number of rotatable bonds is 6. The molecule has 3 rings (SSSR count). The minimum atomic E-state index is -0.147. The highest BCUT2D eigenvalue weighted by Crippen LogP contribution is 2.33. The summed E-state index contributed by atoms with van der Waals surface area (Å²) < 4.78 is 2.00. The average molecular weight is 304 g/mol. The van der Waals surface area contributed by atoms with E-state index in [4.69, 9.17) is 0 Å². The molecule has 1 atom stereocenters. The lowest BCUT2D eigenvalue weighted by Crippen LogP contribution is -2.35. The Morgan fingerprint density at radius 2 is 2.23 bits per heavy atom. The highest BCUT2D eigenvalue weighted by molar-refractivity contribution is 5.89. The fraction of sp³-hybridized carbons (Fsp3) is 0.688. The van der Waals surface area contributed by atoms with Crippen LogP contribution in [0.2, 0.25) is 0 Å². The molecule has 1 aromatic heterocycles. The molecule has 1 aliphatic carbocycles. The Balaban J connectivity index is 1.45. The third-order valence-corrected chi connectivity index (χ3v) is 4.69. The maximum Gasteiger partial charge on any atom is 0.227 e. The zero-order valence-corrected chi connectivity index (χ0v) is 13.4. The van der Waals surface area contributed by atoms with Crippen LogP contribution in [0, 0.1) is 5.92 Å². The molecule has 0 aromatic carbocycles. The molecule has 0 spiro atoms. The lowest BCUT2D eigenvalue weighted by atomic mass is 10.1. The number of hydrogen-bond donors (Lipinski definition) is 0. The Morgan fingerprint density at radius 1 is 1.45 bits per heavy atom. The number of amides is 2. The van der Waals surface area contributed by atoms with Crippen molar-refractivity contribution in [1.29, 1.82) is 0 Å². The molecule has 6 nitrogen and oxygen atoms in total. The number of likely N-dealkylation sites (tertiary alicyclic amines) is 1. The summed E-state index contributed by atoms with van der Waals surface area (Å²) in [5.74, 6) is 1.15. The van der Waals surface area contributed by atoms with Gasteiger partial charge in [0.1, 0.15) is 5.82 Å². The molecule has 1 aromatic rings. The van der Waals surface area contributed by atoms with Gasteiger partial charge >= 0.3 is 0 Å². The van der Waals surface area contributed by atoms with E-state index >= 15 is 0 Å². The molecule has 2 heterocycles. The van der Waals surface area contributed by atoms with Crippen molar-refractivity contribution in [3.05, 3.63) is 18.2 Å². The Morgan fingerprint density at radius 3 is 2.86 bits per heavy atom. The molecule has 22 heavy (non-hydrogen) atoms. The van der Waals surface area contributed by atoms with E-state index in [-0.39, 0.29) is 17.7 Å². The van der Waals surface area contributed by atoms with E-state index in [1.165, 1.54) is 0 Å². The van der Waals surface area contributed by atoms with Gasteiger partial charge in [0.2, 0.25) is 11.8 Å². The molecule has 2 aliphatic rings. The van der Waals surface area contributed by atoms with Crippen LogP contribution in [0.4, 0.5) is 0 Å². The van der Waals surface area contributed by atoms with Crippen molar-refractivity contribution in [3.8, 4) is 0 Å². The molecule has 120 valence electrons. The van der Waals surface area contributed by atoms with E-state index in [1.807, 2.05) is 29.8 Å². The summed E-state index contributed by atoms with van der Waals surface area (Å²) in [5, 5.41) is 0. The Labute approximate surface area is 131 Å². The zero-order chi connectivity index (χ0) is 15.7. The molecule has 1 saturated carbocycles. The molecular formula is C16H24N4O2. The number of carbonyl (C=O) groups excluding carboxylic acids is 2. The highest BCUT2D eigenvalue weighted by atomic mass is 16.2. The van der Waals surface area contributed by atoms with Gasteiger partial charge in [-0.25, -0.2) is 4.98 Å². The Hall–Kier alpha value is -1.85. The fourth-order valence-electron chi connectivity index (χ4n) is 3.17. The van der Waals surface area contributed by atoms with Crippen molar-refractivity contribution < 1.29 is 9.59 Å². The van der Waals surface area contributed by atoms with Gasteiger partial charge in [0.05, 0.1) is 5.92 Å². The van der Waals surface area contributed by atoms with E-state index < -0.39 is 0 Å². The maximum absolute atomic E-state index is 12.5. The van der Waals surface area contributed by atoms with Gasteiger partial charge in [0, 0.05) is 58.5 Å². The second-order valence-electron chi connectivity index (χ2n) is 6.50. The number of aryl methyl sites for hydroxylation is 2. The quantitative estimate of drug-likeness (QED) is 0.782. The van der Waals surface area contributed by atoms with Crippen LogP contribution in [0.3, 0.4) is 0 Å². The van der Waals surface area contributed by atoms with Crippen LogP contribution in [0.25, 0.3) is 0 Å². The first-order chi connectivity index (χ1) is 10.6. The first kappa shape index (κ1) is 15.1. The molecule has 0 unspecified atom stereocenters. The van der Waals surface area contributed by atoms with Crippen molar-refractivity contribution in [1.82, 2.24) is 19.4 Å². The molecule has 0 N–H and O–H groups in total. The van der Waals surface area contributed by atoms with Crippen LogP contribution in [0.5, 0.6) is 0 Å². The van der Waals surface area contributed by atoms with Gasteiger partial charge in [0.15, 0.2) is 0 Å². The van der Waals surface area contributed by atoms with Crippen molar-refractivity contribution >= 4 is 11.8 Å². The largest absolute Gasteiger partial charge is 0.345 e. The Bertz CT molecular complexity index is 564. The van der Waals surface area contributed by atoms with Gasteiger partial charge in [-0.15, -0.1) is 0 Å². The molecule has 2 amide bonds. The van der Waals surface area contributed by atoms with Crippen LogP contribution in [0.1, 0.15) is 31.5 Å². The lowest BCUT2D eigenvalue weighted by molar-refractivity contribution is -0.134. The number of imidazole rings is 1. The molecule has 1 aliphatic heterocycles. The standard InChI is InChI=1S/C16H24N4O2/c1-18-9-7-17-14(18)4-3-8-19(2)16(22)12-10-15(21)20(11-12)13-5-6-13/h7,9,12-13H,3-6,8,10-11H2,1-2H3/t12-/m1/s1. The van der Waals surface area contributed by atoms with Crippen LogP contribution in [-0.2, 0) is 23.1 Å². The summed E-state index contributed by atoms with van der Waals surface area (Å²) in [5.41, 5.74) is 0. The van der Waals surface area contributed by atoms with Crippen LogP contribution in [-0.4, -0.2) is 57.3 Å². The monoisotopic (exact) mass is 304 g/mol. The third kappa shape index (κ3) is 3.15. The van der Waals surface area contributed by atoms with Crippen molar-refractivity contribution in [2.24, 2.45) is 13.0 Å². The molecule has 1 saturated heterocycles. The minimum Gasteiger partial charge on any atom is -0.345 e. The van der Waals surface area contributed by atoms with E-state index in [0.29, 0.717) is 25.6 Å². The number of hydrogen-bond acceptors (Lipinski definition) is 3. The smallest absolute Gasteiger partial charge is 0.227 e. The summed E-state index contributed by atoms with van der Waals surface area (Å²) in [6, 6.07) is 0.416. The van der Waals surface area contributed by atoms with Gasteiger partial charge in [-0.05, 0) is 19.3 Å². The molecule has 0 radical (unpaired) electrons. The SMILES string of the molecule is CN(CCCc1nccn1C)C(=O)[C@@H]1CC(=O)N(C2CC2)C1. The van der Waals surface area contributed by atoms with Crippen LogP contribution < -0.4 is 0 Å². The van der Waals surface area contributed by atoms with E-state index in [9.17, 15) is 9.59 Å². The maximum atomic E-state index is 12.5. The number of nitrogens with zero attached hydrogens (tertiary/aromatic N) is 4. The number of carbonyl (C=O) groups is 2. The Kier molecular flexibility index (Phi) is 4.18. The molecule has 2 fully saturated rings. The zero-order valence-electron chi connectivity index (χ0n) is 13.4. The van der Waals surface area contributed by atoms with Gasteiger partial charge in [-0.3, -0.25) is 9.59 Å². The van der Waals surface area contributed by atoms with E-state index in [0.717, 1.165) is 31.5 Å². The summed E-state index contributed by atoms with van der Waals surface area (Å²) in [6.07, 6.45) is 8.07. The van der Waals surface area contributed by atoms with Crippen molar-refractivity contribution in [3.63, 3.8) is 0 Å². The summed E-state index contributed by atoms with van der Waals surface area (Å²) in [6.45, 7) is 1.33. The molecule has 6 heteroatoms. The topological polar surface area (TPSA) is 58.4 Å². The second kappa shape index (κ2) is 6.10. The first-order valence-electron chi connectivity index (χ1n) is 8.07. The van der Waals surface area contributed by atoms with Gasteiger partial charge in [0.25, 0.3) is 0 Å². The van der Waals surface area contributed by atoms with Gasteiger partial charge in [-0.2, -0.15) is 0 Å². The van der Waals surface area contributed by atoms with Crippen LogP contribution >= 0.6 is 0 Å². The first-order valence-corrected chi connectivity index (χ1v) is 8.07. The fourth-order valence-corrected chi connectivity index (χ4v) is 3.17. The minimum absolute atomic E-state index is 0.108. The van der Waals surface area contributed by atoms with E-state index in [1.54, 1.807) is 11.1 Å². The number of aromatic nitrogens is 2. The third-order valence-electron chi connectivity index (χ3n) is 4.69. The van der Waals surface area contributed by atoms with Gasteiger partial charge < -0.3 is 14.4 Å². The second-order valence-corrected chi connectivity index (χ2v) is 6.50. The van der Waals surface area contributed by atoms with Crippen molar-refractivity contribution in [2.45, 2.75) is 38.1 Å². The predicted molar refractivity (Wildman–Crippen MR) is 82.0 cm³/mol. The lowest BCUT2D eigenvalue weighted by Gasteiger charge is -2.21. The summed E-state index contributed by atoms with van der Waals surface area (Å²) in [7, 11) is 3.82. The van der Waals surface area contributed by atoms with Crippen molar-refractivity contribution in [2.75, 3.05) is 20.1 Å². The molecular weight excluding hydrogens is 280 g/mol. The average Bonchev–Trinajstić information content (AvgIpc) is 3.15. The predicted octanol–water partition coefficient (Wildman–Crippen LogP) is 0.822. The van der Waals surface area contributed by atoms with E-state index in [2.05, 4.69) is 4.98 Å². The highest BCUT2D eigenvalue weighted by Gasteiger charge is 2.42. The summed E-state index contributed by atoms with van der Waals surface area (Å²) in [4.78, 5) is 32.4. The molecule has 0 bridgehead atoms. The summed E-state index contributed by atoms with van der Waals surface area (Å²) >= 11 is 0. The van der Waals surface area contributed by atoms with Gasteiger partial charge in [-0.1, -0.05) is 0 Å². The van der Waals surface area contributed by atoms with Crippen LogP contribution in [0.15, 0.2) is 12.4 Å².